The van der Waals surface area contributed by atoms with Crippen molar-refractivity contribution in [3.63, 3.8) is 0 Å². The van der Waals surface area contributed by atoms with E-state index in [0.29, 0.717) is 4.90 Å². The standard InChI is InChI=1S/C17H17F3N2O5/c1-3-8-27-21-11-9-22(16(25)17(18,19)20)14(15(24)26-4-2)10-6-5-7-12(23)13(10)11/h3,5-7,14,23H,1,4,8-9H2,2H3. The third kappa shape index (κ3) is 4.21. The first kappa shape index (κ1) is 20.3. The van der Waals surface area contributed by atoms with E-state index < -0.39 is 30.6 Å². The van der Waals surface area contributed by atoms with Crippen molar-refractivity contribution in [2.45, 2.75) is 19.1 Å². The highest BCUT2D eigenvalue weighted by molar-refractivity contribution is 6.10. The number of benzene rings is 1. The van der Waals surface area contributed by atoms with Crippen LogP contribution < -0.4 is 0 Å². The second kappa shape index (κ2) is 8.11. The van der Waals surface area contributed by atoms with Crippen molar-refractivity contribution >= 4 is 17.6 Å². The Kier molecular flexibility index (Phi) is 6.09. The van der Waals surface area contributed by atoms with Gasteiger partial charge in [-0.25, -0.2) is 4.79 Å². The number of phenols is 1. The third-order valence-corrected chi connectivity index (χ3v) is 3.67. The van der Waals surface area contributed by atoms with E-state index in [1.165, 1.54) is 31.2 Å². The number of carbonyl (C=O) groups is 2. The molecular weight excluding hydrogens is 369 g/mol. The number of fused-ring (bicyclic) bond motifs is 1. The highest BCUT2D eigenvalue weighted by Crippen LogP contribution is 2.37. The van der Waals surface area contributed by atoms with E-state index >= 15 is 0 Å². The SMILES string of the molecule is C=CCON=C1CN(C(=O)C(F)(F)F)C(C(=O)OCC)c2cccc(O)c21. The van der Waals surface area contributed by atoms with E-state index in [1.807, 2.05) is 0 Å². The van der Waals surface area contributed by atoms with Gasteiger partial charge in [-0.05, 0) is 18.6 Å². The summed E-state index contributed by atoms with van der Waals surface area (Å²) in [6.07, 6.45) is -3.86. The lowest BCUT2D eigenvalue weighted by molar-refractivity contribution is -0.190. The van der Waals surface area contributed by atoms with Crippen LogP contribution in [0, 0.1) is 0 Å². The smallest absolute Gasteiger partial charge is 0.471 e. The Hall–Kier alpha value is -3.04. The quantitative estimate of drug-likeness (QED) is 0.363. The molecule has 7 nitrogen and oxygen atoms in total. The second-order valence-electron chi connectivity index (χ2n) is 5.45. The predicted octanol–water partition coefficient (Wildman–Crippen LogP) is 2.31. The Morgan fingerprint density at radius 2 is 2.15 bits per heavy atom. The second-order valence-corrected chi connectivity index (χ2v) is 5.45. The van der Waals surface area contributed by atoms with Gasteiger partial charge in [-0.2, -0.15) is 13.2 Å². The van der Waals surface area contributed by atoms with E-state index in [2.05, 4.69) is 11.7 Å². The van der Waals surface area contributed by atoms with Crippen LogP contribution in [-0.4, -0.2) is 53.5 Å². The number of hydrogen-bond acceptors (Lipinski definition) is 6. The average Bonchev–Trinajstić information content (AvgIpc) is 2.60. The van der Waals surface area contributed by atoms with Crippen molar-refractivity contribution in [1.82, 2.24) is 4.90 Å². The molecule has 1 atom stereocenters. The largest absolute Gasteiger partial charge is 0.507 e. The van der Waals surface area contributed by atoms with Crippen LogP contribution in [0.4, 0.5) is 13.2 Å². The van der Waals surface area contributed by atoms with Gasteiger partial charge >= 0.3 is 18.1 Å². The number of rotatable bonds is 5. The number of hydrogen-bond donors (Lipinski definition) is 1. The van der Waals surface area contributed by atoms with E-state index in [0.717, 1.165) is 0 Å². The Morgan fingerprint density at radius 1 is 1.44 bits per heavy atom. The fourth-order valence-electron chi connectivity index (χ4n) is 2.67. The Labute approximate surface area is 152 Å². The molecular formula is C17H17F3N2O5. The molecule has 1 N–H and O–H groups in total. The summed E-state index contributed by atoms with van der Waals surface area (Å²) in [5, 5.41) is 13.9. The van der Waals surface area contributed by atoms with Gasteiger partial charge in [0.15, 0.2) is 6.04 Å². The molecule has 0 aromatic heterocycles. The van der Waals surface area contributed by atoms with Gasteiger partial charge in [0.1, 0.15) is 18.1 Å². The fraction of sp³-hybridized carbons (Fsp3) is 0.353. The first-order chi connectivity index (χ1) is 12.7. The van der Waals surface area contributed by atoms with Gasteiger partial charge < -0.3 is 19.6 Å². The van der Waals surface area contributed by atoms with Crippen LogP contribution in [0.1, 0.15) is 24.1 Å². The molecule has 2 rings (SSSR count). The van der Waals surface area contributed by atoms with E-state index in [1.54, 1.807) is 0 Å². The summed E-state index contributed by atoms with van der Waals surface area (Å²) in [5.74, 6) is -3.60. The molecule has 0 saturated heterocycles. The average molecular weight is 386 g/mol. The molecule has 1 aliphatic heterocycles. The number of aromatic hydroxyl groups is 1. The van der Waals surface area contributed by atoms with Gasteiger partial charge in [0.05, 0.1) is 13.2 Å². The molecule has 0 bridgehead atoms. The lowest BCUT2D eigenvalue weighted by Gasteiger charge is -2.36. The summed E-state index contributed by atoms with van der Waals surface area (Å²) in [5.41, 5.74) is -0.160. The predicted molar refractivity (Wildman–Crippen MR) is 87.9 cm³/mol. The van der Waals surface area contributed by atoms with Gasteiger partial charge in [-0.1, -0.05) is 29.9 Å². The highest BCUT2D eigenvalue weighted by atomic mass is 19.4. The monoisotopic (exact) mass is 386 g/mol. The number of phenolic OH excluding ortho intramolecular Hbond substituents is 1. The lowest BCUT2D eigenvalue weighted by Crippen LogP contribution is -2.51. The van der Waals surface area contributed by atoms with Gasteiger partial charge in [-0.3, -0.25) is 4.79 Å². The Morgan fingerprint density at radius 3 is 2.74 bits per heavy atom. The number of carbonyl (C=O) groups excluding carboxylic acids is 2. The number of oxime groups is 1. The number of ether oxygens (including phenoxy) is 1. The fourth-order valence-corrected chi connectivity index (χ4v) is 2.67. The molecule has 1 amide bonds. The van der Waals surface area contributed by atoms with E-state index in [4.69, 9.17) is 9.57 Å². The van der Waals surface area contributed by atoms with Crippen molar-refractivity contribution in [3.8, 4) is 5.75 Å². The minimum atomic E-state index is -5.22. The van der Waals surface area contributed by atoms with Crippen LogP contribution in [0.5, 0.6) is 5.75 Å². The van der Waals surface area contributed by atoms with E-state index in [9.17, 15) is 27.9 Å². The third-order valence-electron chi connectivity index (χ3n) is 3.67. The molecule has 0 saturated carbocycles. The number of alkyl halides is 3. The van der Waals surface area contributed by atoms with Crippen LogP contribution in [0.2, 0.25) is 0 Å². The lowest BCUT2D eigenvalue weighted by atomic mass is 9.90. The number of nitrogens with zero attached hydrogens (tertiary/aromatic N) is 2. The maximum absolute atomic E-state index is 13.1. The molecule has 1 heterocycles. The van der Waals surface area contributed by atoms with Crippen molar-refractivity contribution in [2.75, 3.05) is 19.8 Å². The number of amides is 1. The molecule has 0 spiro atoms. The first-order valence-electron chi connectivity index (χ1n) is 7.88. The molecule has 27 heavy (non-hydrogen) atoms. The van der Waals surface area contributed by atoms with Gasteiger partial charge in [0.25, 0.3) is 0 Å². The van der Waals surface area contributed by atoms with Gasteiger partial charge in [-0.15, -0.1) is 0 Å². The van der Waals surface area contributed by atoms with Crippen molar-refractivity contribution in [1.29, 1.82) is 0 Å². The van der Waals surface area contributed by atoms with Crippen LogP contribution in [-0.2, 0) is 19.2 Å². The Bertz CT molecular complexity index is 776. The molecule has 0 radical (unpaired) electrons. The summed E-state index contributed by atoms with van der Waals surface area (Å²) in [6, 6.07) is 2.25. The maximum atomic E-state index is 13.1. The normalized spacial score (nSPS) is 18.0. The van der Waals surface area contributed by atoms with Crippen molar-refractivity contribution in [3.05, 3.63) is 42.0 Å². The maximum Gasteiger partial charge on any atom is 0.471 e. The number of halogens is 3. The topological polar surface area (TPSA) is 88.4 Å². The van der Waals surface area contributed by atoms with E-state index in [-0.39, 0.29) is 35.8 Å². The summed E-state index contributed by atoms with van der Waals surface area (Å²) in [7, 11) is 0. The molecule has 1 aromatic rings. The first-order valence-corrected chi connectivity index (χ1v) is 7.88. The van der Waals surface area contributed by atoms with Crippen molar-refractivity contribution in [2.24, 2.45) is 5.16 Å². The van der Waals surface area contributed by atoms with Crippen LogP contribution in [0.25, 0.3) is 0 Å². The Balaban J connectivity index is 2.63. The zero-order valence-electron chi connectivity index (χ0n) is 14.3. The highest BCUT2D eigenvalue weighted by Gasteiger charge is 2.50. The van der Waals surface area contributed by atoms with Crippen molar-refractivity contribution < 1.29 is 37.4 Å². The minimum absolute atomic E-state index is 0.0193. The van der Waals surface area contributed by atoms with Crippen LogP contribution in [0.3, 0.4) is 0 Å². The van der Waals surface area contributed by atoms with Crippen LogP contribution >= 0.6 is 0 Å². The summed E-state index contributed by atoms with van der Waals surface area (Å²) < 4.78 is 44.0. The molecule has 0 fully saturated rings. The molecule has 1 aliphatic rings. The van der Waals surface area contributed by atoms with Crippen LogP contribution in [0.15, 0.2) is 36.0 Å². The zero-order chi connectivity index (χ0) is 20.2. The minimum Gasteiger partial charge on any atom is -0.507 e. The molecule has 0 aliphatic carbocycles. The van der Waals surface area contributed by atoms with Gasteiger partial charge in [0, 0.05) is 5.56 Å². The molecule has 146 valence electrons. The van der Waals surface area contributed by atoms with Gasteiger partial charge in [0.2, 0.25) is 0 Å². The summed E-state index contributed by atoms with van der Waals surface area (Å²) in [6.45, 7) is 4.06. The summed E-state index contributed by atoms with van der Waals surface area (Å²) in [4.78, 5) is 29.5. The molecule has 1 aromatic carbocycles. The number of esters is 1. The molecule has 1 unspecified atom stereocenters. The zero-order valence-corrected chi connectivity index (χ0v) is 14.3. The molecule has 10 heteroatoms. The summed E-state index contributed by atoms with van der Waals surface area (Å²) >= 11 is 0.